The maximum atomic E-state index is 12.7. The van der Waals surface area contributed by atoms with Gasteiger partial charge in [-0.2, -0.15) is 13.2 Å². The number of alkyl halides is 3. The Morgan fingerprint density at radius 1 is 1.07 bits per heavy atom. The van der Waals surface area contributed by atoms with Gasteiger partial charge in [-0.1, -0.05) is 18.2 Å². The minimum atomic E-state index is -4.40. The lowest BCUT2D eigenvalue weighted by molar-refractivity contribution is -0.137. The highest BCUT2D eigenvalue weighted by Crippen LogP contribution is 2.36. The second-order valence-electron chi connectivity index (χ2n) is 6.17. The largest absolute Gasteiger partial charge is 0.416 e. The van der Waals surface area contributed by atoms with Crippen molar-refractivity contribution in [2.75, 3.05) is 5.73 Å². The molecule has 0 aliphatic rings. The van der Waals surface area contributed by atoms with Gasteiger partial charge in [0.25, 0.3) is 0 Å². The van der Waals surface area contributed by atoms with Crippen molar-refractivity contribution in [3.63, 3.8) is 0 Å². The van der Waals surface area contributed by atoms with E-state index < -0.39 is 11.7 Å². The summed E-state index contributed by atoms with van der Waals surface area (Å²) in [6, 6.07) is 12.2. The van der Waals surface area contributed by atoms with E-state index in [4.69, 9.17) is 5.73 Å². The molecule has 1 aromatic carbocycles. The van der Waals surface area contributed by atoms with Crippen LogP contribution in [-0.2, 0) is 12.6 Å². The molecule has 2 N–H and O–H groups in total. The van der Waals surface area contributed by atoms with E-state index in [-0.39, 0.29) is 12.2 Å². The van der Waals surface area contributed by atoms with Crippen molar-refractivity contribution in [3.05, 3.63) is 69.9 Å². The van der Waals surface area contributed by atoms with Gasteiger partial charge in [0.1, 0.15) is 4.83 Å². The van der Waals surface area contributed by atoms with Crippen molar-refractivity contribution in [1.82, 2.24) is 4.98 Å². The molecular weight excluding hydrogens is 405 g/mol. The Bertz CT molecular complexity index is 1150. The molecule has 3 aromatic heterocycles. The van der Waals surface area contributed by atoms with E-state index in [0.717, 1.165) is 22.7 Å². The van der Waals surface area contributed by atoms with Crippen LogP contribution in [0.15, 0.2) is 53.9 Å². The summed E-state index contributed by atoms with van der Waals surface area (Å²) in [5.41, 5.74) is 7.08. The standard InChI is InChI=1S/C20H13F3N2OS2/c21-20(22,23)12-5-3-11(4-6-12)10-15(26)18-17(24)13-7-8-14(25-19(13)28-18)16-2-1-9-27-16/h1-9H,10,24H2. The van der Waals surface area contributed by atoms with Gasteiger partial charge in [0, 0.05) is 11.8 Å². The number of hydrogen-bond donors (Lipinski definition) is 1. The normalized spacial score (nSPS) is 11.8. The number of nitrogens with zero attached hydrogens (tertiary/aromatic N) is 1. The van der Waals surface area contributed by atoms with Gasteiger partial charge in [-0.3, -0.25) is 4.79 Å². The number of carbonyl (C=O) groups is 1. The number of hydrogen-bond acceptors (Lipinski definition) is 5. The molecule has 0 aliphatic heterocycles. The number of nitrogen functional groups attached to an aromatic ring is 1. The fourth-order valence-electron chi connectivity index (χ4n) is 2.84. The number of carbonyl (C=O) groups excluding carboxylic acids is 1. The number of halogens is 3. The summed E-state index contributed by atoms with van der Waals surface area (Å²) in [5, 5.41) is 2.67. The molecule has 0 bridgehead atoms. The van der Waals surface area contributed by atoms with Gasteiger partial charge in [-0.05, 0) is 41.3 Å². The molecule has 0 saturated carbocycles. The monoisotopic (exact) mass is 418 g/mol. The molecule has 28 heavy (non-hydrogen) atoms. The summed E-state index contributed by atoms with van der Waals surface area (Å²) >= 11 is 2.78. The predicted octanol–water partition coefficient (Wildman–Crippen LogP) is 6.05. The predicted molar refractivity (Wildman–Crippen MR) is 107 cm³/mol. The number of fused-ring (bicyclic) bond motifs is 1. The second-order valence-corrected chi connectivity index (χ2v) is 8.11. The molecule has 3 heterocycles. The van der Waals surface area contributed by atoms with Crippen LogP contribution in [0.2, 0.25) is 0 Å². The molecule has 142 valence electrons. The van der Waals surface area contributed by atoms with Gasteiger partial charge in [-0.15, -0.1) is 22.7 Å². The molecule has 0 unspecified atom stereocenters. The highest BCUT2D eigenvalue weighted by atomic mass is 32.1. The smallest absolute Gasteiger partial charge is 0.397 e. The Labute approximate surface area is 166 Å². The van der Waals surface area contributed by atoms with E-state index in [1.54, 1.807) is 11.3 Å². The minimum Gasteiger partial charge on any atom is -0.397 e. The van der Waals surface area contributed by atoms with E-state index in [1.807, 2.05) is 29.6 Å². The van der Waals surface area contributed by atoms with Crippen LogP contribution in [0.25, 0.3) is 20.8 Å². The summed E-state index contributed by atoms with van der Waals surface area (Å²) < 4.78 is 38.0. The molecule has 0 amide bonds. The van der Waals surface area contributed by atoms with E-state index in [0.29, 0.717) is 26.3 Å². The topological polar surface area (TPSA) is 56.0 Å². The van der Waals surface area contributed by atoms with Crippen LogP contribution in [-0.4, -0.2) is 10.8 Å². The molecular formula is C20H13F3N2OS2. The van der Waals surface area contributed by atoms with Crippen LogP contribution in [0, 0.1) is 0 Å². The number of anilines is 1. The van der Waals surface area contributed by atoms with Crippen LogP contribution >= 0.6 is 22.7 Å². The van der Waals surface area contributed by atoms with Crippen molar-refractivity contribution < 1.29 is 18.0 Å². The zero-order chi connectivity index (χ0) is 19.9. The highest BCUT2D eigenvalue weighted by Gasteiger charge is 2.30. The summed E-state index contributed by atoms with van der Waals surface area (Å²) in [5.74, 6) is -0.238. The first-order valence-electron chi connectivity index (χ1n) is 8.25. The summed E-state index contributed by atoms with van der Waals surface area (Å²) in [7, 11) is 0. The minimum absolute atomic E-state index is 0.0209. The summed E-state index contributed by atoms with van der Waals surface area (Å²) in [4.78, 5) is 19.3. The maximum absolute atomic E-state index is 12.7. The van der Waals surface area contributed by atoms with Crippen molar-refractivity contribution in [2.24, 2.45) is 0 Å². The molecule has 8 heteroatoms. The van der Waals surface area contributed by atoms with Gasteiger partial charge in [0.05, 0.1) is 26.7 Å². The molecule has 0 saturated heterocycles. The SMILES string of the molecule is Nc1c(C(=O)Cc2ccc(C(F)(F)F)cc2)sc2nc(-c3cccs3)ccc12. The zero-order valence-corrected chi connectivity index (χ0v) is 15.9. The van der Waals surface area contributed by atoms with E-state index in [2.05, 4.69) is 4.98 Å². The van der Waals surface area contributed by atoms with Gasteiger partial charge < -0.3 is 5.73 Å². The van der Waals surface area contributed by atoms with Crippen LogP contribution in [0.3, 0.4) is 0 Å². The van der Waals surface area contributed by atoms with Gasteiger partial charge >= 0.3 is 6.18 Å². The Balaban J connectivity index is 1.61. The second kappa shape index (κ2) is 7.03. The lowest BCUT2D eigenvalue weighted by Crippen LogP contribution is -2.07. The first-order valence-corrected chi connectivity index (χ1v) is 9.95. The number of Topliss-reactive ketones (excluding diaryl/α,β-unsaturated/α-hetero) is 1. The fraction of sp³-hybridized carbons (Fsp3) is 0.100. The average Bonchev–Trinajstić information content (AvgIpc) is 3.29. The molecule has 3 nitrogen and oxygen atoms in total. The molecule has 0 atom stereocenters. The molecule has 0 fully saturated rings. The Kier molecular flexibility index (Phi) is 4.68. The fourth-order valence-corrected chi connectivity index (χ4v) is 4.57. The molecule has 4 rings (SSSR count). The third-order valence-electron chi connectivity index (χ3n) is 4.27. The number of pyridine rings is 1. The first kappa shape index (κ1) is 18.6. The lowest BCUT2D eigenvalue weighted by atomic mass is 10.0. The van der Waals surface area contributed by atoms with Crippen LogP contribution in [0.1, 0.15) is 20.8 Å². The molecule has 0 spiro atoms. The van der Waals surface area contributed by atoms with Gasteiger partial charge in [0.15, 0.2) is 5.78 Å². The molecule has 0 radical (unpaired) electrons. The van der Waals surface area contributed by atoms with Crippen LogP contribution in [0.5, 0.6) is 0 Å². The van der Waals surface area contributed by atoms with Crippen molar-refractivity contribution >= 4 is 44.4 Å². The maximum Gasteiger partial charge on any atom is 0.416 e. The Morgan fingerprint density at radius 2 is 1.82 bits per heavy atom. The summed E-state index contributed by atoms with van der Waals surface area (Å²) in [6.45, 7) is 0. The summed E-state index contributed by atoms with van der Waals surface area (Å²) in [6.07, 6.45) is -4.42. The zero-order valence-electron chi connectivity index (χ0n) is 14.3. The highest BCUT2D eigenvalue weighted by molar-refractivity contribution is 7.21. The van der Waals surface area contributed by atoms with Crippen molar-refractivity contribution in [2.45, 2.75) is 12.6 Å². The van der Waals surface area contributed by atoms with E-state index >= 15 is 0 Å². The van der Waals surface area contributed by atoms with Crippen molar-refractivity contribution in [3.8, 4) is 10.6 Å². The Morgan fingerprint density at radius 3 is 2.46 bits per heavy atom. The molecule has 4 aromatic rings. The van der Waals surface area contributed by atoms with Gasteiger partial charge in [0.2, 0.25) is 0 Å². The third kappa shape index (κ3) is 3.53. The number of benzene rings is 1. The Hall–Kier alpha value is -2.71. The van der Waals surface area contributed by atoms with Crippen LogP contribution < -0.4 is 5.73 Å². The van der Waals surface area contributed by atoms with E-state index in [9.17, 15) is 18.0 Å². The molecule has 0 aliphatic carbocycles. The number of ketones is 1. The number of rotatable bonds is 4. The van der Waals surface area contributed by atoms with Gasteiger partial charge in [-0.25, -0.2) is 4.98 Å². The number of aromatic nitrogens is 1. The first-order chi connectivity index (χ1) is 13.3. The number of nitrogens with two attached hydrogens (primary N) is 1. The average molecular weight is 418 g/mol. The quantitative estimate of drug-likeness (QED) is 0.411. The van der Waals surface area contributed by atoms with Crippen LogP contribution in [0.4, 0.5) is 18.9 Å². The van der Waals surface area contributed by atoms with Crippen molar-refractivity contribution in [1.29, 1.82) is 0 Å². The third-order valence-corrected chi connectivity index (χ3v) is 6.32. The van der Waals surface area contributed by atoms with E-state index in [1.165, 1.54) is 23.5 Å². The number of thiophene rings is 2. The lowest BCUT2D eigenvalue weighted by Gasteiger charge is -2.07.